The van der Waals surface area contributed by atoms with Gasteiger partial charge in [-0.2, -0.15) is 5.10 Å². The van der Waals surface area contributed by atoms with E-state index in [1.807, 2.05) is 36.4 Å². The maximum atomic E-state index is 11.9. The summed E-state index contributed by atoms with van der Waals surface area (Å²) < 4.78 is 5.13. The van der Waals surface area contributed by atoms with Gasteiger partial charge in [-0.1, -0.05) is 42.5 Å². The van der Waals surface area contributed by atoms with Crippen LogP contribution in [0.5, 0.6) is 5.75 Å². The number of ether oxygens (including phenoxy) is 1. The lowest BCUT2D eigenvalue weighted by molar-refractivity contribution is 0.0952. The molecule has 0 aromatic heterocycles. The summed E-state index contributed by atoms with van der Waals surface area (Å²) in [6.45, 7) is 0. The number of hydrogen-bond donors (Lipinski definition) is 1. The van der Waals surface area contributed by atoms with Crippen molar-refractivity contribution in [3.05, 3.63) is 65.7 Å². The number of amides is 1. The monoisotopic (exact) mass is 268 g/mol. The molecule has 2 aromatic rings. The van der Waals surface area contributed by atoms with Gasteiger partial charge >= 0.3 is 0 Å². The van der Waals surface area contributed by atoms with Crippen LogP contribution in [0.4, 0.5) is 0 Å². The van der Waals surface area contributed by atoms with Crippen molar-refractivity contribution in [3.63, 3.8) is 0 Å². The molecule has 0 fully saturated rings. The van der Waals surface area contributed by atoms with Crippen LogP contribution in [-0.2, 0) is 6.42 Å². The van der Waals surface area contributed by atoms with Crippen LogP contribution >= 0.6 is 0 Å². The highest BCUT2D eigenvalue weighted by molar-refractivity contribution is 5.97. The van der Waals surface area contributed by atoms with Gasteiger partial charge in [0.1, 0.15) is 5.75 Å². The second-order valence-electron chi connectivity index (χ2n) is 4.14. The molecule has 4 heteroatoms. The summed E-state index contributed by atoms with van der Waals surface area (Å²) in [5, 5.41) is 3.94. The van der Waals surface area contributed by atoms with Crippen molar-refractivity contribution in [3.8, 4) is 5.75 Å². The summed E-state index contributed by atoms with van der Waals surface area (Å²) >= 11 is 0. The number of hydrazone groups is 1. The Hall–Kier alpha value is -2.62. The van der Waals surface area contributed by atoms with Crippen molar-refractivity contribution in [2.24, 2.45) is 5.10 Å². The van der Waals surface area contributed by atoms with Gasteiger partial charge < -0.3 is 4.74 Å². The topological polar surface area (TPSA) is 50.7 Å². The molecule has 0 aliphatic carbocycles. The van der Waals surface area contributed by atoms with Crippen LogP contribution in [0.1, 0.15) is 15.9 Å². The highest BCUT2D eigenvalue weighted by Gasteiger charge is 2.09. The first kappa shape index (κ1) is 13.8. The molecule has 4 nitrogen and oxygen atoms in total. The SMILES string of the molecule is COc1ccccc1C(=O)N/N=C/Cc1ccccc1. The molecule has 20 heavy (non-hydrogen) atoms. The van der Waals surface area contributed by atoms with Crippen LogP contribution in [0.2, 0.25) is 0 Å². The van der Waals surface area contributed by atoms with Gasteiger partial charge in [-0.3, -0.25) is 4.79 Å². The molecule has 0 atom stereocenters. The lowest BCUT2D eigenvalue weighted by Crippen LogP contribution is -2.18. The molecule has 0 bridgehead atoms. The fraction of sp³-hybridized carbons (Fsp3) is 0.125. The molecule has 0 saturated carbocycles. The van der Waals surface area contributed by atoms with Crippen molar-refractivity contribution < 1.29 is 9.53 Å². The summed E-state index contributed by atoms with van der Waals surface area (Å²) in [5.74, 6) is 0.245. The molecule has 0 heterocycles. The van der Waals surface area contributed by atoms with Crippen molar-refractivity contribution in [1.29, 1.82) is 0 Å². The maximum Gasteiger partial charge on any atom is 0.275 e. The first-order valence-electron chi connectivity index (χ1n) is 6.30. The number of carbonyl (C=O) groups excluding carboxylic acids is 1. The number of nitrogens with zero attached hydrogens (tertiary/aromatic N) is 1. The minimum atomic E-state index is -0.285. The standard InChI is InChI=1S/C16H16N2O2/c1-20-15-10-6-5-9-14(15)16(19)18-17-12-11-13-7-3-2-4-8-13/h2-10,12H,11H2,1H3,(H,18,19)/b17-12+. The van der Waals surface area contributed by atoms with Gasteiger partial charge in [-0.15, -0.1) is 0 Å². The average Bonchev–Trinajstić information content (AvgIpc) is 2.52. The van der Waals surface area contributed by atoms with Crippen LogP contribution in [0.15, 0.2) is 59.7 Å². The Morgan fingerprint density at radius 2 is 1.85 bits per heavy atom. The van der Waals surface area contributed by atoms with Gasteiger partial charge in [0.2, 0.25) is 0 Å². The Bertz CT molecular complexity index is 594. The molecule has 0 radical (unpaired) electrons. The van der Waals surface area contributed by atoms with E-state index in [0.717, 1.165) is 5.56 Å². The van der Waals surface area contributed by atoms with Gasteiger partial charge in [0.15, 0.2) is 0 Å². The van der Waals surface area contributed by atoms with Crippen LogP contribution < -0.4 is 10.2 Å². The molecule has 0 saturated heterocycles. The fourth-order valence-corrected chi connectivity index (χ4v) is 1.76. The van der Waals surface area contributed by atoms with E-state index in [1.165, 1.54) is 7.11 Å². The Kier molecular flexibility index (Phi) is 4.89. The second kappa shape index (κ2) is 7.09. The van der Waals surface area contributed by atoms with E-state index >= 15 is 0 Å². The van der Waals surface area contributed by atoms with Crippen molar-refractivity contribution in [1.82, 2.24) is 5.43 Å². The summed E-state index contributed by atoms with van der Waals surface area (Å²) in [5.41, 5.74) is 4.10. The highest BCUT2D eigenvalue weighted by atomic mass is 16.5. The number of carbonyl (C=O) groups is 1. The smallest absolute Gasteiger partial charge is 0.275 e. The molecule has 1 N–H and O–H groups in total. The largest absolute Gasteiger partial charge is 0.496 e. The zero-order valence-electron chi connectivity index (χ0n) is 11.2. The highest BCUT2D eigenvalue weighted by Crippen LogP contribution is 2.16. The lowest BCUT2D eigenvalue weighted by atomic mass is 10.2. The number of benzene rings is 2. The maximum absolute atomic E-state index is 11.9. The molecule has 2 aromatic carbocycles. The van der Waals surface area contributed by atoms with Crippen molar-refractivity contribution in [2.75, 3.05) is 7.11 Å². The Labute approximate surface area is 118 Å². The third-order valence-corrected chi connectivity index (χ3v) is 2.78. The average molecular weight is 268 g/mol. The minimum absolute atomic E-state index is 0.285. The lowest BCUT2D eigenvalue weighted by Gasteiger charge is -2.05. The zero-order chi connectivity index (χ0) is 14.2. The molecule has 1 amide bonds. The van der Waals surface area contributed by atoms with Gasteiger partial charge in [0.05, 0.1) is 12.7 Å². The molecular formula is C16H16N2O2. The van der Waals surface area contributed by atoms with E-state index in [2.05, 4.69) is 10.5 Å². The van der Waals surface area contributed by atoms with E-state index in [1.54, 1.807) is 24.4 Å². The second-order valence-corrected chi connectivity index (χ2v) is 4.14. The molecule has 2 rings (SSSR count). The van der Waals surface area contributed by atoms with Crippen LogP contribution in [0.25, 0.3) is 0 Å². The van der Waals surface area contributed by atoms with E-state index < -0.39 is 0 Å². The van der Waals surface area contributed by atoms with Crippen LogP contribution in [0.3, 0.4) is 0 Å². The normalized spacial score (nSPS) is 10.4. The predicted molar refractivity (Wildman–Crippen MR) is 79.1 cm³/mol. The van der Waals surface area contributed by atoms with Gasteiger partial charge in [-0.25, -0.2) is 5.43 Å². The fourth-order valence-electron chi connectivity index (χ4n) is 1.76. The summed E-state index contributed by atoms with van der Waals surface area (Å²) in [6, 6.07) is 16.9. The Morgan fingerprint density at radius 3 is 2.60 bits per heavy atom. The van der Waals surface area contributed by atoms with E-state index in [-0.39, 0.29) is 5.91 Å². The summed E-state index contributed by atoms with van der Waals surface area (Å²) in [7, 11) is 1.53. The quantitative estimate of drug-likeness (QED) is 0.669. The Balaban J connectivity index is 1.92. The van der Waals surface area contributed by atoms with E-state index in [4.69, 9.17) is 4.74 Å². The summed E-state index contributed by atoms with van der Waals surface area (Å²) in [6.07, 6.45) is 2.34. The molecule has 0 unspecified atom stereocenters. The first-order chi connectivity index (χ1) is 9.81. The van der Waals surface area contributed by atoms with Crippen molar-refractivity contribution in [2.45, 2.75) is 6.42 Å². The third-order valence-electron chi connectivity index (χ3n) is 2.78. The number of para-hydroxylation sites is 1. The number of hydrogen-bond acceptors (Lipinski definition) is 3. The zero-order valence-corrected chi connectivity index (χ0v) is 11.2. The van der Waals surface area contributed by atoms with E-state index in [0.29, 0.717) is 17.7 Å². The number of nitrogens with one attached hydrogen (secondary N) is 1. The predicted octanol–water partition coefficient (Wildman–Crippen LogP) is 2.65. The van der Waals surface area contributed by atoms with Gasteiger partial charge in [0.25, 0.3) is 5.91 Å². The molecule has 0 aliphatic heterocycles. The number of methoxy groups -OCH3 is 1. The van der Waals surface area contributed by atoms with Crippen molar-refractivity contribution >= 4 is 12.1 Å². The third kappa shape index (κ3) is 3.68. The molecule has 0 aliphatic rings. The number of rotatable bonds is 5. The summed E-state index contributed by atoms with van der Waals surface area (Å²) in [4.78, 5) is 11.9. The van der Waals surface area contributed by atoms with Gasteiger partial charge in [0, 0.05) is 12.6 Å². The minimum Gasteiger partial charge on any atom is -0.496 e. The van der Waals surface area contributed by atoms with Gasteiger partial charge in [-0.05, 0) is 17.7 Å². The van der Waals surface area contributed by atoms with Crippen LogP contribution in [0, 0.1) is 0 Å². The molecule has 102 valence electrons. The first-order valence-corrected chi connectivity index (χ1v) is 6.30. The van der Waals surface area contributed by atoms with Crippen LogP contribution in [-0.4, -0.2) is 19.2 Å². The molecule has 0 spiro atoms. The Morgan fingerprint density at radius 1 is 1.15 bits per heavy atom. The van der Waals surface area contributed by atoms with E-state index in [9.17, 15) is 4.79 Å². The molecular weight excluding hydrogens is 252 g/mol.